The third-order valence-electron chi connectivity index (χ3n) is 3.37. The van der Waals surface area contributed by atoms with E-state index in [0.717, 1.165) is 44.6 Å². The van der Waals surface area contributed by atoms with E-state index in [0.29, 0.717) is 6.42 Å². The Labute approximate surface area is 115 Å². The fourth-order valence-corrected chi connectivity index (χ4v) is 2.36. The first kappa shape index (κ1) is 13.6. The summed E-state index contributed by atoms with van der Waals surface area (Å²) in [5, 5.41) is 3.34. The number of fused-ring (bicyclic) bond motifs is 1. The van der Waals surface area contributed by atoms with Crippen molar-refractivity contribution in [2.75, 3.05) is 18.0 Å². The van der Waals surface area contributed by atoms with Crippen LogP contribution in [0.3, 0.4) is 0 Å². The van der Waals surface area contributed by atoms with Crippen molar-refractivity contribution in [2.24, 2.45) is 0 Å². The summed E-state index contributed by atoms with van der Waals surface area (Å²) >= 11 is 0. The van der Waals surface area contributed by atoms with Crippen LogP contribution in [0.4, 0.5) is 5.69 Å². The smallest absolute Gasteiger partial charge is 0.227 e. The Hall–Kier alpha value is -1.79. The number of nitrogens with zero attached hydrogens (tertiary/aromatic N) is 1. The normalized spacial score (nSPS) is 14.4. The first-order valence-corrected chi connectivity index (χ1v) is 6.85. The van der Waals surface area contributed by atoms with E-state index < -0.39 is 0 Å². The van der Waals surface area contributed by atoms with E-state index in [1.807, 2.05) is 23.1 Å². The molecule has 0 radical (unpaired) electrons. The van der Waals surface area contributed by atoms with Crippen LogP contribution in [0.25, 0.3) is 0 Å². The van der Waals surface area contributed by atoms with E-state index in [1.54, 1.807) is 0 Å². The highest BCUT2D eigenvalue weighted by molar-refractivity contribution is 5.94. The van der Waals surface area contributed by atoms with Crippen LogP contribution in [0.15, 0.2) is 24.3 Å². The second kappa shape index (κ2) is 6.96. The highest BCUT2D eigenvalue weighted by atomic mass is 16.2. The van der Waals surface area contributed by atoms with Crippen LogP contribution in [0.5, 0.6) is 0 Å². The zero-order chi connectivity index (χ0) is 13.5. The van der Waals surface area contributed by atoms with E-state index in [2.05, 4.69) is 17.3 Å². The molecule has 0 fully saturated rings. The lowest BCUT2D eigenvalue weighted by atomic mass is 10.1. The second-order valence-electron chi connectivity index (χ2n) is 4.76. The lowest BCUT2D eigenvalue weighted by Crippen LogP contribution is -2.34. The molecule has 1 amide bonds. The lowest BCUT2D eigenvalue weighted by Gasteiger charge is -2.22. The highest BCUT2D eigenvalue weighted by Gasteiger charge is 2.19. The predicted molar refractivity (Wildman–Crippen MR) is 77.8 cm³/mol. The molecule has 0 unspecified atom stereocenters. The van der Waals surface area contributed by atoms with Crippen molar-refractivity contribution in [1.82, 2.24) is 5.32 Å². The maximum absolute atomic E-state index is 12.3. The van der Waals surface area contributed by atoms with Gasteiger partial charge in [0.1, 0.15) is 0 Å². The molecule has 1 aromatic rings. The van der Waals surface area contributed by atoms with Gasteiger partial charge in [-0.2, -0.15) is 0 Å². The number of hydrogen-bond acceptors (Lipinski definition) is 2. The molecule has 0 aliphatic carbocycles. The van der Waals surface area contributed by atoms with Crippen LogP contribution < -0.4 is 10.2 Å². The van der Waals surface area contributed by atoms with Crippen LogP contribution in [-0.4, -0.2) is 19.0 Å². The fraction of sp³-hybridized carbons (Fsp3) is 0.438. The molecule has 1 heterocycles. The number of carbonyl (C=O) groups is 1. The van der Waals surface area contributed by atoms with E-state index >= 15 is 0 Å². The van der Waals surface area contributed by atoms with Crippen molar-refractivity contribution >= 4 is 11.6 Å². The van der Waals surface area contributed by atoms with Crippen LogP contribution >= 0.6 is 0 Å². The molecule has 1 aliphatic heterocycles. The van der Waals surface area contributed by atoms with Crippen molar-refractivity contribution in [2.45, 2.75) is 32.2 Å². The number of terminal acetylenes is 1. The molecular weight excluding hydrogens is 236 g/mol. The Bertz CT molecular complexity index is 476. The Morgan fingerprint density at radius 1 is 1.37 bits per heavy atom. The van der Waals surface area contributed by atoms with Gasteiger partial charge in [-0.05, 0) is 24.5 Å². The molecule has 3 heteroatoms. The largest absolute Gasteiger partial charge is 0.311 e. The molecule has 19 heavy (non-hydrogen) atoms. The zero-order valence-corrected chi connectivity index (χ0v) is 11.2. The van der Waals surface area contributed by atoms with Gasteiger partial charge in [-0.3, -0.25) is 4.79 Å². The number of carbonyl (C=O) groups excluding carboxylic acids is 1. The van der Waals surface area contributed by atoms with Crippen molar-refractivity contribution in [3.05, 3.63) is 29.8 Å². The summed E-state index contributed by atoms with van der Waals surface area (Å²) in [6.45, 7) is 2.41. The van der Waals surface area contributed by atoms with Crippen molar-refractivity contribution in [3.8, 4) is 12.3 Å². The number of unbranched alkanes of at least 4 members (excludes halogenated alkanes) is 2. The van der Waals surface area contributed by atoms with Crippen molar-refractivity contribution in [1.29, 1.82) is 0 Å². The van der Waals surface area contributed by atoms with Crippen LogP contribution in [0, 0.1) is 12.3 Å². The van der Waals surface area contributed by atoms with Crippen LogP contribution in [0.2, 0.25) is 0 Å². The number of rotatable bonds is 4. The Morgan fingerprint density at radius 2 is 2.21 bits per heavy atom. The number of para-hydroxylation sites is 1. The summed E-state index contributed by atoms with van der Waals surface area (Å²) in [5.74, 6) is 2.81. The number of benzene rings is 1. The summed E-state index contributed by atoms with van der Waals surface area (Å²) in [4.78, 5) is 14.2. The van der Waals surface area contributed by atoms with Gasteiger partial charge in [0.2, 0.25) is 5.91 Å². The van der Waals surface area contributed by atoms with Gasteiger partial charge in [0.15, 0.2) is 0 Å². The lowest BCUT2D eigenvalue weighted by molar-refractivity contribution is -0.118. The molecule has 1 N–H and O–H groups in total. The monoisotopic (exact) mass is 256 g/mol. The average Bonchev–Trinajstić information content (AvgIpc) is 2.66. The molecular formula is C16H20N2O. The van der Waals surface area contributed by atoms with Gasteiger partial charge in [0.25, 0.3) is 0 Å². The molecule has 0 spiro atoms. The Morgan fingerprint density at radius 3 is 3.05 bits per heavy atom. The van der Waals surface area contributed by atoms with Gasteiger partial charge >= 0.3 is 0 Å². The van der Waals surface area contributed by atoms with Crippen molar-refractivity contribution in [3.63, 3.8) is 0 Å². The summed E-state index contributed by atoms with van der Waals surface area (Å²) in [7, 11) is 0. The summed E-state index contributed by atoms with van der Waals surface area (Å²) in [6, 6.07) is 8.11. The SMILES string of the molecule is C#CCCCCC(=O)N1CCNCc2ccccc21. The predicted octanol–water partition coefficient (Wildman–Crippen LogP) is 2.32. The van der Waals surface area contributed by atoms with Crippen molar-refractivity contribution < 1.29 is 4.79 Å². The molecule has 0 saturated carbocycles. The van der Waals surface area contributed by atoms with E-state index in [1.165, 1.54) is 5.56 Å². The maximum Gasteiger partial charge on any atom is 0.227 e. The van der Waals surface area contributed by atoms with Crippen LogP contribution in [-0.2, 0) is 11.3 Å². The zero-order valence-electron chi connectivity index (χ0n) is 11.2. The first-order chi connectivity index (χ1) is 9.33. The number of hydrogen-bond donors (Lipinski definition) is 1. The van der Waals surface area contributed by atoms with Gasteiger partial charge in [0.05, 0.1) is 0 Å². The van der Waals surface area contributed by atoms with Gasteiger partial charge in [-0.15, -0.1) is 12.3 Å². The van der Waals surface area contributed by atoms with E-state index in [9.17, 15) is 4.79 Å². The molecule has 0 atom stereocenters. The second-order valence-corrected chi connectivity index (χ2v) is 4.76. The van der Waals surface area contributed by atoms with Crippen LogP contribution in [0.1, 0.15) is 31.2 Å². The summed E-state index contributed by atoms with van der Waals surface area (Å²) in [5.41, 5.74) is 2.24. The molecule has 0 bridgehead atoms. The average molecular weight is 256 g/mol. The molecule has 100 valence electrons. The number of amides is 1. The molecule has 1 aliphatic rings. The van der Waals surface area contributed by atoms with Gasteiger partial charge < -0.3 is 10.2 Å². The molecule has 0 aromatic heterocycles. The fourth-order valence-electron chi connectivity index (χ4n) is 2.36. The summed E-state index contributed by atoms with van der Waals surface area (Å²) in [6.07, 6.45) is 8.35. The standard InChI is InChI=1S/C16H20N2O/c1-2-3-4-5-10-16(19)18-12-11-17-13-14-8-6-7-9-15(14)18/h1,6-9,17H,3-5,10-13H2. The Balaban J connectivity index is 2.03. The quantitative estimate of drug-likeness (QED) is 0.662. The van der Waals surface area contributed by atoms with Gasteiger partial charge in [0, 0.05) is 38.2 Å². The summed E-state index contributed by atoms with van der Waals surface area (Å²) < 4.78 is 0. The van der Waals surface area contributed by atoms with E-state index in [-0.39, 0.29) is 5.91 Å². The third kappa shape index (κ3) is 3.59. The number of anilines is 1. The minimum Gasteiger partial charge on any atom is -0.311 e. The number of nitrogens with one attached hydrogen (secondary N) is 1. The van der Waals surface area contributed by atoms with Gasteiger partial charge in [-0.25, -0.2) is 0 Å². The minimum absolute atomic E-state index is 0.202. The van der Waals surface area contributed by atoms with Gasteiger partial charge in [-0.1, -0.05) is 18.2 Å². The molecule has 0 saturated heterocycles. The molecule has 3 nitrogen and oxygen atoms in total. The third-order valence-corrected chi connectivity index (χ3v) is 3.37. The first-order valence-electron chi connectivity index (χ1n) is 6.85. The van der Waals surface area contributed by atoms with E-state index in [4.69, 9.17) is 6.42 Å². The highest BCUT2D eigenvalue weighted by Crippen LogP contribution is 2.23. The minimum atomic E-state index is 0.202. The topological polar surface area (TPSA) is 32.3 Å². The Kier molecular flexibility index (Phi) is 5.00. The molecule has 2 rings (SSSR count). The molecule has 1 aromatic carbocycles. The maximum atomic E-state index is 12.3.